The summed E-state index contributed by atoms with van der Waals surface area (Å²) in [7, 11) is 4.13. The molecule has 19 heteroatoms. The van der Waals surface area contributed by atoms with Gasteiger partial charge in [-0.3, -0.25) is 33.6 Å². The molecule has 0 bridgehead atoms. The van der Waals surface area contributed by atoms with Crippen LogP contribution in [-0.4, -0.2) is 159 Å². The van der Waals surface area contributed by atoms with Crippen molar-refractivity contribution >= 4 is 47.3 Å². The highest BCUT2D eigenvalue weighted by molar-refractivity contribution is 6.00. The number of hydrogen-bond acceptors (Lipinski definition) is 12. The van der Waals surface area contributed by atoms with Crippen molar-refractivity contribution in [1.82, 2.24) is 40.5 Å². The molecule has 0 saturated carbocycles. The molecule has 0 radical (unpaired) electrons. The number of fused-ring (bicyclic) bond motifs is 1. The van der Waals surface area contributed by atoms with Crippen LogP contribution in [0.25, 0.3) is 0 Å². The van der Waals surface area contributed by atoms with E-state index in [0.29, 0.717) is 5.56 Å². The van der Waals surface area contributed by atoms with Crippen molar-refractivity contribution < 1.29 is 53.3 Å². The molecule has 2 saturated heterocycles. The summed E-state index contributed by atoms with van der Waals surface area (Å²) >= 11 is 0. The molecule has 19 nitrogen and oxygen atoms in total. The first kappa shape index (κ1) is 49.5. The maximum atomic E-state index is 14.5. The van der Waals surface area contributed by atoms with E-state index in [1.165, 1.54) is 58.2 Å². The molecule has 5 N–H and O–H groups in total. The molecular weight excluding hydrogens is 817 g/mol. The molecule has 344 valence electrons. The maximum Gasteiger partial charge on any atom is 0.333 e. The van der Waals surface area contributed by atoms with Crippen molar-refractivity contribution in [3.63, 3.8) is 0 Å². The smallest absolute Gasteiger partial charge is 0.333 e. The van der Waals surface area contributed by atoms with Gasteiger partial charge >= 0.3 is 5.97 Å². The third-order valence-corrected chi connectivity index (χ3v) is 11.7. The standard InChI is InChI=1S/C44H62N8O11/c1-23(2)19-30-42(60)52-21-29(53)20-31(52)43(61)49(8)22-33(55)50(9)36(25(5)24(3)4)40(58)46-26(6)41(59)51(10)37(28-15-12-11-13-16-28)44(62)63-27(7)34(38(56)47-30)48-39(57)35-32(54)17-14-18-45-35/h11-18,23-27,29-31,34,36-37,53-54H,19-22H2,1-10H3,(H,46,58)(H,47,56)(H,48,57)/t25?,26-,27+,29+,30-,31-,34-,36-,37?/m0/s1. The first-order valence-electron chi connectivity index (χ1n) is 21.1. The monoisotopic (exact) mass is 878 g/mol. The van der Waals surface area contributed by atoms with Gasteiger partial charge in [0.15, 0.2) is 11.7 Å². The predicted molar refractivity (Wildman–Crippen MR) is 228 cm³/mol. The summed E-state index contributed by atoms with van der Waals surface area (Å²) in [5.41, 5.74) is -0.145. The maximum absolute atomic E-state index is 14.5. The number of ether oxygens (including phenoxy) is 1. The van der Waals surface area contributed by atoms with Crippen molar-refractivity contribution in [1.29, 1.82) is 0 Å². The number of aromatic hydroxyl groups is 1. The zero-order valence-corrected chi connectivity index (χ0v) is 37.6. The van der Waals surface area contributed by atoms with E-state index >= 15 is 0 Å². The summed E-state index contributed by atoms with van der Waals surface area (Å²) in [6, 6.07) is 2.60. The molecule has 2 aliphatic heterocycles. The third-order valence-electron chi connectivity index (χ3n) is 11.7. The number of rotatable bonds is 7. The SMILES string of the molecule is CC(C)C[C@@H]1NC(=O)[C@@H](NC(=O)c2ncccc2O)[C@@H](C)OC(=O)C(c2ccccc2)N(C)C(=O)[C@H](C)NC(=O)[C@H](C(C)C(C)C)N(C)C(=O)CN(C)C(=O)[C@@H]2C[C@@H](O)CN2C1=O. The van der Waals surface area contributed by atoms with Gasteiger partial charge in [-0.2, -0.15) is 0 Å². The molecule has 7 amide bonds. The Hall–Kier alpha value is -6.11. The van der Waals surface area contributed by atoms with Crippen LogP contribution in [0.15, 0.2) is 48.7 Å². The Labute approximate surface area is 367 Å². The van der Waals surface area contributed by atoms with Gasteiger partial charge in [-0.25, -0.2) is 9.78 Å². The van der Waals surface area contributed by atoms with Crippen LogP contribution in [0.1, 0.15) is 83.4 Å². The predicted octanol–water partition coefficient (Wildman–Crippen LogP) is 0.606. The lowest BCUT2D eigenvalue weighted by Crippen LogP contribution is -2.60. The molecule has 3 heterocycles. The van der Waals surface area contributed by atoms with Crippen molar-refractivity contribution in [3.05, 3.63) is 59.9 Å². The number of benzene rings is 1. The topological polar surface area (TPSA) is 248 Å². The molecular formula is C44H62N8O11. The molecule has 0 aliphatic carbocycles. The average molecular weight is 879 g/mol. The average Bonchev–Trinajstić information content (AvgIpc) is 3.62. The molecule has 1 aromatic heterocycles. The van der Waals surface area contributed by atoms with Crippen LogP contribution in [0, 0.1) is 17.8 Å². The number of amides is 7. The van der Waals surface area contributed by atoms with Gasteiger partial charge in [-0.1, -0.05) is 65.0 Å². The van der Waals surface area contributed by atoms with E-state index in [0.717, 1.165) is 14.7 Å². The van der Waals surface area contributed by atoms with Gasteiger partial charge in [0.05, 0.1) is 12.6 Å². The first-order valence-corrected chi connectivity index (χ1v) is 21.1. The molecule has 2 fully saturated rings. The molecule has 63 heavy (non-hydrogen) atoms. The van der Waals surface area contributed by atoms with Gasteiger partial charge in [-0.05, 0) is 55.7 Å². The number of cyclic esters (lactones) is 1. The highest BCUT2D eigenvalue weighted by Gasteiger charge is 2.45. The van der Waals surface area contributed by atoms with Crippen molar-refractivity contribution in [3.8, 4) is 5.75 Å². The number of nitrogens with one attached hydrogen (secondary N) is 3. The van der Waals surface area contributed by atoms with Crippen molar-refractivity contribution in [2.75, 3.05) is 34.2 Å². The van der Waals surface area contributed by atoms with Gasteiger partial charge < -0.3 is 50.5 Å². The Balaban J connectivity index is 1.86. The van der Waals surface area contributed by atoms with Gasteiger partial charge in [0.25, 0.3) is 5.91 Å². The lowest BCUT2D eigenvalue weighted by atomic mass is 9.88. The first-order chi connectivity index (χ1) is 29.5. The quantitative estimate of drug-likeness (QED) is 0.240. The van der Waals surface area contributed by atoms with Crippen molar-refractivity contribution in [2.24, 2.45) is 17.8 Å². The van der Waals surface area contributed by atoms with Crippen LogP contribution in [0.5, 0.6) is 5.75 Å². The fourth-order valence-electron chi connectivity index (χ4n) is 7.82. The number of aromatic nitrogens is 1. The van der Waals surface area contributed by atoms with Crippen LogP contribution < -0.4 is 16.0 Å². The van der Waals surface area contributed by atoms with Crippen LogP contribution in [0.4, 0.5) is 0 Å². The minimum atomic E-state index is -1.74. The number of carbonyl (C=O) groups is 8. The number of aliphatic hydroxyl groups is 1. The van der Waals surface area contributed by atoms with Gasteiger partial charge in [0.1, 0.15) is 42.1 Å². The number of hydrogen-bond donors (Lipinski definition) is 5. The fraction of sp³-hybridized carbons (Fsp3) is 0.568. The van der Waals surface area contributed by atoms with Crippen LogP contribution in [-0.2, 0) is 38.3 Å². The van der Waals surface area contributed by atoms with Gasteiger partial charge in [0, 0.05) is 40.3 Å². The normalized spacial score (nSPS) is 27.0. The van der Waals surface area contributed by atoms with E-state index in [4.69, 9.17) is 4.74 Å². The Morgan fingerprint density at radius 3 is 2.13 bits per heavy atom. The van der Waals surface area contributed by atoms with Crippen LogP contribution in [0.2, 0.25) is 0 Å². The number of esters is 1. The second-order valence-corrected chi connectivity index (χ2v) is 17.3. The highest BCUT2D eigenvalue weighted by atomic mass is 16.5. The zero-order chi connectivity index (χ0) is 47.0. The molecule has 1 aromatic carbocycles. The second-order valence-electron chi connectivity index (χ2n) is 17.3. The van der Waals surface area contributed by atoms with E-state index in [2.05, 4.69) is 20.9 Å². The van der Waals surface area contributed by atoms with E-state index in [1.54, 1.807) is 51.1 Å². The lowest BCUT2D eigenvalue weighted by molar-refractivity contribution is -0.161. The van der Waals surface area contributed by atoms with Crippen molar-refractivity contribution in [2.45, 2.75) is 110 Å². The fourth-order valence-corrected chi connectivity index (χ4v) is 7.82. The molecule has 0 spiro atoms. The minimum Gasteiger partial charge on any atom is -0.505 e. The second kappa shape index (κ2) is 21.3. The largest absolute Gasteiger partial charge is 0.505 e. The highest BCUT2D eigenvalue weighted by Crippen LogP contribution is 2.26. The van der Waals surface area contributed by atoms with E-state index in [-0.39, 0.29) is 31.2 Å². The number of carbonyl (C=O) groups excluding carboxylic acids is 8. The Morgan fingerprint density at radius 2 is 1.52 bits per heavy atom. The summed E-state index contributed by atoms with van der Waals surface area (Å²) < 4.78 is 5.91. The summed E-state index contributed by atoms with van der Waals surface area (Å²) in [4.78, 5) is 122. The van der Waals surface area contributed by atoms with Gasteiger partial charge in [0.2, 0.25) is 35.4 Å². The molecule has 4 rings (SSSR count). The Bertz CT molecular complexity index is 2020. The lowest BCUT2D eigenvalue weighted by Gasteiger charge is -2.37. The zero-order valence-electron chi connectivity index (χ0n) is 37.6. The Morgan fingerprint density at radius 1 is 0.873 bits per heavy atom. The summed E-state index contributed by atoms with van der Waals surface area (Å²) in [5, 5.41) is 29.1. The van der Waals surface area contributed by atoms with E-state index in [9.17, 15) is 48.6 Å². The summed E-state index contributed by atoms with van der Waals surface area (Å²) in [6.07, 6.45) is -1.52. The Kier molecular flexibility index (Phi) is 16.8. The third kappa shape index (κ3) is 11.9. The number of pyridine rings is 1. The van der Waals surface area contributed by atoms with Crippen LogP contribution >= 0.6 is 0 Å². The number of nitrogens with zero attached hydrogens (tertiary/aromatic N) is 5. The van der Waals surface area contributed by atoms with Gasteiger partial charge in [-0.15, -0.1) is 0 Å². The summed E-state index contributed by atoms with van der Waals surface area (Å²) in [6.45, 7) is 11.1. The molecule has 2 unspecified atom stereocenters. The minimum absolute atomic E-state index is 0.0335. The van der Waals surface area contributed by atoms with E-state index < -0.39 is 120 Å². The summed E-state index contributed by atoms with van der Waals surface area (Å²) in [5.74, 6) is -7.75. The number of aliphatic hydroxyl groups excluding tert-OH is 1. The molecule has 2 aromatic rings. The molecule has 2 aliphatic rings. The van der Waals surface area contributed by atoms with Crippen LogP contribution in [0.3, 0.4) is 0 Å². The molecule has 9 atom stereocenters. The van der Waals surface area contributed by atoms with E-state index in [1.807, 2.05) is 13.8 Å². The number of likely N-dealkylation sites (N-methyl/N-ethyl adjacent to an activating group) is 3.